The summed E-state index contributed by atoms with van der Waals surface area (Å²) in [6.45, 7) is 7.65. The zero-order chi connectivity index (χ0) is 18.7. The second kappa shape index (κ2) is 7.64. The van der Waals surface area contributed by atoms with Gasteiger partial charge in [-0.15, -0.1) is 0 Å². The number of aliphatic imine (C=N–C) groups is 1. The van der Waals surface area contributed by atoms with Crippen LogP contribution in [0.2, 0.25) is 0 Å². The molecule has 0 saturated carbocycles. The smallest absolute Gasteiger partial charge is 0.191 e. The number of rotatable bonds is 5. The van der Waals surface area contributed by atoms with Gasteiger partial charge in [0.25, 0.3) is 0 Å². The van der Waals surface area contributed by atoms with Crippen LogP contribution < -0.4 is 10.6 Å². The lowest BCUT2D eigenvalue weighted by molar-refractivity contribution is 0.534. The second-order valence-corrected chi connectivity index (χ2v) is 6.52. The lowest BCUT2D eigenvalue weighted by Crippen LogP contribution is -2.38. The molecule has 6 heteroatoms. The third-order valence-electron chi connectivity index (χ3n) is 4.91. The third kappa shape index (κ3) is 3.59. The van der Waals surface area contributed by atoms with Crippen LogP contribution >= 0.6 is 0 Å². The average molecular weight is 353 g/mol. The lowest BCUT2D eigenvalue weighted by Gasteiger charge is -2.11. The van der Waals surface area contributed by atoms with Gasteiger partial charge in [0.05, 0.1) is 12.2 Å². The van der Waals surface area contributed by atoms with Crippen LogP contribution in [-0.4, -0.2) is 29.3 Å². The molecule has 3 aromatic rings. The topological polar surface area (TPSA) is 67.4 Å². The SMILES string of the molecule is CN=C(NCCc1c(C)nn(C)c1C)NCc1oc2ccccc2c1C. The molecule has 0 atom stereocenters. The van der Waals surface area contributed by atoms with Crippen molar-refractivity contribution in [2.45, 2.75) is 33.7 Å². The molecule has 2 aromatic heterocycles. The molecule has 0 spiro atoms. The van der Waals surface area contributed by atoms with Gasteiger partial charge < -0.3 is 15.1 Å². The van der Waals surface area contributed by atoms with Gasteiger partial charge in [-0.3, -0.25) is 9.67 Å². The summed E-state index contributed by atoms with van der Waals surface area (Å²) in [6, 6.07) is 8.11. The first-order valence-electron chi connectivity index (χ1n) is 8.92. The van der Waals surface area contributed by atoms with Gasteiger partial charge in [0.1, 0.15) is 11.3 Å². The number of furan rings is 1. The molecule has 3 rings (SSSR count). The first-order chi connectivity index (χ1) is 12.5. The van der Waals surface area contributed by atoms with Gasteiger partial charge in [-0.25, -0.2) is 0 Å². The maximum absolute atomic E-state index is 5.95. The summed E-state index contributed by atoms with van der Waals surface area (Å²) < 4.78 is 7.88. The first kappa shape index (κ1) is 18.0. The van der Waals surface area contributed by atoms with E-state index in [1.165, 1.54) is 16.8 Å². The number of aryl methyl sites for hydroxylation is 3. The summed E-state index contributed by atoms with van der Waals surface area (Å²) in [5, 5.41) is 12.3. The fourth-order valence-corrected chi connectivity index (χ4v) is 3.26. The van der Waals surface area contributed by atoms with E-state index < -0.39 is 0 Å². The minimum absolute atomic E-state index is 0.602. The fraction of sp³-hybridized carbons (Fsp3) is 0.400. The monoisotopic (exact) mass is 353 g/mol. The number of nitrogens with zero attached hydrogens (tertiary/aromatic N) is 3. The highest BCUT2D eigenvalue weighted by atomic mass is 16.3. The number of nitrogens with one attached hydrogen (secondary N) is 2. The predicted octanol–water partition coefficient (Wildman–Crippen LogP) is 3.00. The Hall–Kier alpha value is -2.76. The van der Waals surface area contributed by atoms with Crippen molar-refractivity contribution in [3.05, 3.63) is 52.5 Å². The van der Waals surface area contributed by atoms with Crippen LogP contribution in [0.15, 0.2) is 33.7 Å². The molecule has 138 valence electrons. The molecule has 0 unspecified atom stereocenters. The molecule has 26 heavy (non-hydrogen) atoms. The number of aromatic nitrogens is 2. The van der Waals surface area contributed by atoms with Crippen molar-refractivity contribution in [1.82, 2.24) is 20.4 Å². The van der Waals surface area contributed by atoms with Gasteiger partial charge in [0.15, 0.2) is 5.96 Å². The normalized spacial score (nSPS) is 12.0. The van der Waals surface area contributed by atoms with Crippen LogP contribution in [-0.2, 0) is 20.0 Å². The predicted molar refractivity (Wildman–Crippen MR) is 106 cm³/mol. The van der Waals surface area contributed by atoms with E-state index in [1.54, 1.807) is 7.05 Å². The molecule has 0 saturated heterocycles. The standard InChI is InChI=1S/C20H27N5O/c1-13-16-8-6-7-9-18(16)26-19(13)12-23-20(21-4)22-11-10-17-14(2)24-25(5)15(17)3/h6-9H,10-12H2,1-5H3,(H2,21,22,23). The maximum atomic E-state index is 5.95. The summed E-state index contributed by atoms with van der Waals surface area (Å²) >= 11 is 0. The molecule has 0 radical (unpaired) electrons. The molecular weight excluding hydrogens is 326 g/mol. The zero-order valence-electron chi connectivity index (χ0n) is 16.2. The quantitative estimate of drug-likeness (QED) is 0.547. The van der Waals surface area contributed by atoms with Crippen molar-refractivity contribution in [2.24, 2.45) is 12.0 Å². The second-order valence-electron chi connectivity index (χ2n) is 6.52. The number of guanidine groups is 1. The number of benzene rings is 1. The summed E-state index contributed by atoms with van der Waals surface area (Å²) in [5.74, 6) is 1.71. The Balaban J connectivity index is 1.57. The number of fused-ring (bicyclic) bond motifs is 1. The molecule has 0 amide bonds. The first-order valence-corrected chi connectivity index (χ1v) is 8.92. The Morgan fingerprint density at radius 3 is 2.62 bits per heavy atom. The van der Waals surface area contributed by atoms with Crippen molar-refractivity contribution in [1.29, 1.82) is 0 Å². The van der Waals surface area contributed by atoms with Gasteiger partial charge in [-0.2, -0.15) is 5.10 Å². The van der Waals surface area contributed by atoms with E-state index in [1.807, 2.05) is 29.9 Å². The Bertz CT molecular complexity index is 935. The van der Waals surface area contributed by atoms with Gasteiger partial charge in [0.2, 0.25) is 0 Å². The van der Waals surface area contributed by atoms with E-state index in [2.05, 4.69) is 47.6 Å². The Morgan fingerprint density at radius 2 is 1.96 bits per heavy atom. The largest absolute Gasteiger partial charge is 0.459 e. The summed E-state index contributed by atoms with van der Waals surface area (Å²) in [7, 11) is 3.76. The van der Waals surface area contributed by atoms with Crippen LogP contribution in [0.1, 0.15) is 28.3 Å². The number of hydrogen-bond donors (Lipinski definition) is 2. The molecule has 0 aliphatic rings. The van der Waals surface area contributed by atoms with Gasteiger partial charge >= 0.3 is 0 Å². The summed E-state index contributed by atoms with van der Waals surface area (Å²) in [4.78, 5) is 4.30. The van der Waals surface area contributed by atoms with Gasteiger partial charge in [-0.05, 0) is 38.8 Å². The van der Waals surface area contributed by atoms with Gasteiger partial charge in [-0.1, -0.05) is 18.2 Å². The summed E-state index contributed by atoms with van der Waals surface area (Å²) in [6.07, 6.45) is 0.913. The fourth-order valence-electron chi connectivity index (χ4n) is 3.26. The molecule has 1 aromatic carbocycles. The van der Waals surface area contributed by atoms with Crippen LogP contribution in [0.3, 0.4) is 0 Å². The Labute approximate surface area is 154 Å². The molecular formula is C20H27N5O. The maximum Gasteiger partial charge on any atom is 0.191 e. The van der Waals surface area contributed by atoms with E-state index >= 15 is 0 Å². The molecule has 2 heterocycles. The highest BCUT2D eigenvalue weighted by Crippen LogP contribution is 2.24. The third-order valence-corrected chi connectivity index (χ3v) is 4.91. The van der Waals surface area contributed by atoms with E-state index in [9.17, 15) is 0 Å². The summed E-state index contributed by atoms with van der Waals surface area (Å²) in [5.41, 5.74) is 5.69. The zero-order valence-corrected chi connectivity index (χ0v) is 16.2. The average Bonchev–Trinajstić information content (AvgIpc) is 3.08. The molecule has 0 aliphatic heterocycles. The molecule has 6 nitrogen and oxygen atoms in total. The molecule has 0 fully saturated rings. The Morgan fingerprint density at radius 1 is 1.19 bits per heavy atom. The van der Waals surface area contributed by atoms with E-state index in [4.69, 9.17) is 4.42 Å². The van der Waals surface area contributed by atoms with Crippen LogP contribution in [0.25, 0.3) is 11.0 Å². The highest BCUT2D eigenvalue weighted by Gasteiger charge is 2.11. The molecule has 2 N–H and O–H groups in total. The highest BCUT2D eigenvalue weighted by molar-refractivity contribution is 5.82. The number of hydrogen-bond acceptors (Lipinski definition) is 3. The van der Waals surface area contributed by atoms with Crippen molar-refractivity contribution in [2.75, 3.05) is 13.6 Å². The van der Waals surface area contributed by atoms with Crippen molar-refractivity contribution in [3.63, 3.8) is 0 Å². The van der Waals surface area contributed by atoms with Crippen molar-refractivity contribution >= 4 is 16.9 Å². The number of para-hydroxylation sites is 1. The van der Waals surface area contributed by atoms with E-state index in [0.29, 0.717) is 6.54 Å². The Kier molecular flexibility index (Phi) is 5.30. The van der Waals surface area contributed by atoms with Crippen LogP contribution in [0.4, 0.5) is 0 Å². The molecule has 0 aliphatic carbocycles. The lowest BCUT2D eigenvalue weighted by atomic mass is 10.1. The van der Waals surface area contributed by atoms with Crippen LogP contribution in [0.5, 0.6) is 0 Å². The van der Waals surface area contributed by atoms with Crippen LogP contribution in [0, 0.1) is 20.8 Å². The van der Waals surface area contributed by atoms with E-state index in [0.717, 1.165) is 41.3 Å². The molecule has 0 bridgehead atoms. The van der Waals surface area contributed by atoms with E-state index in [-0.39, 0.29) is 0 Å². The minimum Gasteiger partial charge on any atom is -0.459 e. The van der Waals surface area contributed by atoms with Gasteiger partial charge in [0, 0.05) is 37.3 Å². The minimum atomic E-state index is 0.602. The van der Waals surface area contributed by atoms with Crippen molar-refractivity contribution < 1.29 is 4.42 Å². The van der Waals surface area contributed by atoms with Crippen molar-refractivity contribution in [3.8, 4) is 0 Å².